The number of Topliss-reactive ketones (excluding diaryl/α,β-unsaturated/α-hetero) is 1. The summed E-state index contributed by atoms with van der Waals surface area (Å²) < 4.78 is 0. The molecule has 8 heteroatoms. The number of pyridine rings is 1. The molecule has 0 amide bonds. The van der Waals surface area contributed by atoms with Crippen LogP contribution in [-0.4, -0.2) is 35.9 Å². The summed E-state index contributed by atoms with van der Waals surface area (Å²) in [5.74, 6) is 1.27. The van der Waals surface area contributed by atoms with E-state index in [1.54, 1.807) is 18.6 Å². The maximum absolute atomic E-state index is 12.7. The van der Waals surface area contributed by atoms with E-state index in [-0.39, 0.29) is 12.2 Å². The lowest BCUT2D eigenvalue weighted by atomic mass is 10.1. The number of nitrogens with zero attached hydrogens (tertiary/aromatic N) is 4. The largest absolute Gasteiger partial charge is 0.352 e. The molecular weight excluding hydrogens is 426 g/mol. The maximum Gasteiger partial charge on any atom is 0.184 e. The average Bonchev–Trinajstić information content (AvgIpc) is 3.51. The first-order valence-corrected chi connectivity index (χ1v) is 10.8. The van der Waals surface area contributed by atoms with E-state index < -0.39 is 0 Å². The molecule has 34 heavy (non-hydrogen) atoms. The molecule has 4 aromatic heterocycles. The molecule has 8 nitrogen and oxygen atoms in total. The Balaban J connectivity index is 1.25. The number of benzene rings is 2. The molecule has 0 aliphatic carbocycles. The quantitative estimate of drug-likeness (QED) is 0.309. The maximum atomic E-state index is 12.7. The smallest absolute Gasteiger partial charge is 0.184 e. The first-order chi connectivity index (χ1) is 16.7. The number of fused-ring (bicyclic) bond motifs is 2. The van der Waals surface area contributed by atoms with Gasteiger partial charge in [0, 0.05) is 45.6 Å². The minimum atomic E-state index is -0.00603. The van der Waals surface area contributed by atoms with E-state index in [2.05, 4.69) is 35.5 Å². The van der Waals surface area contributed by atoms with Gasteiger partial charge in [-0.1, -0.05) is 18.2 Å². The molecule has 6 aromatic rings. The second kappa shape index (κ2) is 8.25. The van der Waals surface area contributed by atoms with Crippen LogP contribution >= 0.6 is 0 Å². The van der Waals surface area contributed by atoms with Crippen LogP contribution in [-0.2, 0) is 6.42 Å². The van der Waals surface area contributed by atoms with Crippen LogP contribution in [0, 0.1) is 0 Å². The summed E-state index contributed by atoms with van der Waals surface area (Å²) in [6, 6.07) is 21.1. The number of aromatic amines is 2. The number of ketones is 1. The Morgan fingerprint density at radius 3 is 2.76 bits per heavy atom. The fraction of sp³-hybridized carbons (Fsp3) is 0.0385. The first-order valence-electron chi connectivity index (χ1n) is 10.8. The van der Waals surface area contributed by atoms with Gasteiger partial charge in [-0.15, -0.1) is 0 Å². The predicted molar refractivity (Wildman–Crippen MR) is 131 cm³/mol. The molecule has 6 rings (SSSR count). The number of anilines is 2. The normalized spacial score (nSPS) is 11.2. The molecule has 0 bridgehead atoms. The van der Waals surface area contributed by atoms with Gasteiger partial charge in [0.1, 0.15) is 5.82 Å². The number of H-pyrrole nitrogens is 2. The van der Waals surface area contributed by atoms with Crippen molar-refractivity contribution in [3.63, 3.8) is 0 Å². The summed E-state index contributed by atoms with van der Waals surface area (Å²) in [6.07, 6.45) is 5.45. The van der Waals surface area contributed by atoms with Crippen molar-refractivity contribution in [3.05, 3.63) is 96.7 Å². The Bertz CT molecular complexity index is 1640. The van der Waals surface area contributed by atoms with Gasteiger partial charge in [-0.05, 0) is 48.5 Å². The summed E-state index contributed by atoms with van der Waals surface area (Å²) >= 11 is 0. The highest BCUT2D eigenvalue weighted by Gasteiger charge is 2.12. The minimum Gasteiger partial charge on any atom is -0.352 e. The van der Waals surface area contributed by atoms with Crippen molar-refractivity contribution in [1.29, 1.82) is 0 Å². The SMILES string of the molecule is O=C(Cc1ccccn1)c1cc2ccc(-c3nccc(Nc4ccc5[nH]ncc5c4)n3)cc2[nH]1. The molecule has 0 aliphatic rings. The number of aromatic nitrogens is 6. The zero-order valence-electron chi connectivity index (χ0n) is 18.0. The van der Waals surface area contributed by atoms with Crippen molar-refractivity contribution in [3.8, 4) is 11.4 Å². The second-order valence-corrected chi connectivity index (χ2v) is 7.97. The molecule has 0 radical (unpaired) electrons. The van der Waals surface area contributed by atoms with Gasteiger partial charge < -0.3 is 10.3 Å². The molecule has 0 unspecified atom stereocenters. The molecule has 0 fully saturated rings. The summed E-state index contributed by atoms with van der Waals surface area (Å²) in [7, 11) is 0. The molecule has 3 N–H and O–H groups in total. The molecule has 164 valence electrons. The zero-order valence-corrected chi connectivity index (χ0v) is 18.0. The van der Waals surface area contributed by atoms with E-state index in [1.807, 2.05) is 66.7 Å². The third kappa shape index (κ3) is 3.88. The Kier molecular flexibility index (Phi) is 4.81. The summed E-state index contributed by atoms with van der Waals surface area (Å²) in [5, 5.41) is 12.3. The number of nitrogens with one attached hydrogen (secondary N) is 3. The molecule has 0 saturated carbocycles. The van der Waals surface area contributed by atoms with Gasteiger partial charge in [-0.2, -0.15) is 5.10 Å². The minimum absolute atomic E-state index is 0.00603. The van der Waals surface area contributed by atoms with Crippen LogP contribution in [0.4, 0.5) is 11.5 Å². The lowest BCUT2D eigenvalue weighted by Gasteiger charge is -2.07. The summed E-state index contributed by atoms with van der Waals surface area (Å²) in [5.41, 5.74) is 4.90. The van der Waals surface area contributed by atoms with Crippen LogP contribution in [0.1, 0.15) is 16.2 Å². The van der Waals surface area contributed by atoms with E-state index in [0.29, 0.717) is 17.3 Å². The average molecular weight is 445 g/mol. The van der Waals surface area contributed by atoms with Gasteiger partial charge in [-0.3, -0.25) is 14.9 Å². The van der Waals surface area contributed by atoms with E-state index in [1.165, 1.54) is 0 Å². The van der Waals surface area contributed by atoms with Gasteiger partial charge >= 0.3 is 0 Å². The van der Waals surface area contributed by atoms with Gasteiger partial charge in [0.05, 0.1) is 23.8 Å². The fourth-order valence-electron chi connectivity index (χ4n) is 3.91. The van der Waals surface area contributed by atoms with Crippen molar-refractivity contribution in [2.75, 3.05) is 5.32 Å². The van der Waals surface area contributed by atoms with Crippen molar-refractivity contribution in [1.82, 2.24) is 30.1 Å². The number of rotatable bonds is 6. The number of carbonyl (C=O) groups is 1. The Morgan fingerprint density at radius 2 is 1.85 bits per heavy atom. The van der Waals surface area contributed by atoms with Crippen molar-refractivity contribution in [2.45, 2.75) is 6.42 Å². The summed E-state index contributed by atoms with van der Waals surface area (Å²) in [6.45, 7) is 0. The molecular formula is C26H19N7O. The highest BCUT2D eigenvalue weighted by molar-refractivity contribution is 6.00. The van der Waals surface area contributed by atoms with Crippen LogP contribution in [0.5, 0.6) is 0 Å². The third-order valence-corrected chi connectivity index (χ3v) is 5.62. The number of hydrogen-bond acceptors (Lipinski definition) is 6. The summed E-state index contributed by atoms with van der Waals surface area (Å²) in [4.78, 5) is 29.3. The van der Waals surface area contributed by atoms with E-state index >= 15 is 0 Å². The molecule has 2 aromatic carbocycles. The lowest BCUT2D eigenvalue weighted by Crippen LogP contribution is -2.04. The number of carbonyl (C=O) groups excluding carboxylic acids is 1. The van der Waals surface area contributed by atoms with E-state index in [4.69, 9.17) is 0 Å². The first kappa shape index (κ1) is 19.8. The third-order valence-electron chi connectivity index (χ3n) is 5.62. The Hall–Kier alpha value is -4.85. The van der Waals surface area contributed by atoms with Crippen LogP contribution in [0.2, 0.25) is 0 Å². The van der Waals surface area contributed by atoms with Gasteiger partial charge in [0.15, 0.2) is 11.6 Å². The lowest BCUT2D eigenvalue weighted by molar-refractivity contribution is 0.0988. The molecule has 0 saturated heterocycles. The predicted octanol–water partition coefficient (Wildman–Crippen LogP) is 5.07. The van der Waals surface area contributed by atoms with Gasteiger partial charge in [0.2, 0.25) is 0 Å². The second-order valence-electron chi connectivity index (χ2n) is 7.97. The highest BCUT2D eigenvalue weighted by atomic mass is 16.1. The molecule has 0 spiro atoms. The van der Waals surface area contributed by atoms with E-state index in [0.717, 1.165) is 38.8 Å². The van der Waals surface area contributed by atoms with Crippen LogP contribution in [0.25, 0.3) is 33.2 Å². The van der Waals surface area contributed by atoms with Gasteiger partial charge in [-0.25, -0.2) is 9.97 Å². The van der Waals surface area contributed by atoms with Crippen LogP contribution < -0.4 is 5.32 Å². The van der Waals surface area contributed by atoms with Crippen LogP contribution in [0.15, 0.2) is 85.3 Å². The zero-order chi connectivity index (χ0) is 22.9. The highest BCUT2D eigenvalue weighted by Crippen LogP contribution is 2.25. The number of hydrogen-bond donors (Lipinski definition) is 3. The molecule has 0 atom stereocenters. The van der Waals surface area contributed by atoms with Crippen molar-refractivity contribution < 1.29 is 4.79 Å². The fourth-order valence-corrected chi connectivity index (χ4v) is 3.91. The standard InChI is InChI=1S/C26H19N7O/c34-24(14-19-3-1-2-9-27-19)23-12-16-4-5-17(13-22(16)31-23)26-28-10-8-25(32-26)30-20-6-7-21-18(11-20)15-29-33-21/h1-13,15,31H,14H2,(H,29,33)(H,28,30,32). The molecule has 0 aliphatic heterocycles. The molecule has 4 heterocycles. The van der Waals surface area contributed by atoms with Crippen molar-refractivity contribution in [2.24, 2.45) is 0 Å². The van der Waals surface area contributed by atoms with E-state index in [9.17, 15) is 4.79 Å². The monoisotopic (exact) mass is 445 g/mol. The van der Waals surface area contributed by atoms with Crippen LogP contribution in [0.3, 0.4) is 0 Å². The van der Waals surface area contributed by atoms with Crippen molar-refractivity contribution >= 4 is 39.1 Å². The Morgan fingerprint density at radius 1 is 0.882 bits per heavy atom. The topological polar surface area (TPSA) is 112 Å². The Labute approximate surface area is 194 Å². The van der Waals surface area contributed by atoms with Gasteiger partial charge in [0.25, 0.3) is 0 Å².